The number of ketones is 1. The van der Waals surface area contributed by atoms with Gasteiger partial charge in [-0.3, -0.25) is 14.4 Å². The second kappa shape index (κ2) is 14.2. The number of nitrogens with zero attached hydrogens (tertiary/aromatic N) is 2. The highest BCUT2D eigenvalue weighted by Crippen LogP contribution is 2.43. The van der Waals surface area contributed by atoms with Crippen LogP contribution in [0.3, 0.4) is 0 Å². The van der Waals surface area contributed by atoms with E-state index in [4.69, 9.17) is 0 Å². The predicted octanol–water partition coefficient (Wildman–Crippen LogP) is 7.67. The number of carbonyl (C=O) groups is 2. The fourth-order valence-corrected chi connectivity index (χ4v) is 6.61. The summed E-state index contributed by atoms with van der Waals surface area (Å²) in [7, 11) is 3.97. The lowest BCUT2D eigenvalue weighted by Crippen LogP contribution is -2.32. The molecular formula is C38H49FN2O4. The molecule has 0 amide bonds. The molecule has 242 valence electrons. The molecule has 6 nitrogen and oxygen atoms in total. The normalized spacial score (nSPS) is 14.6. The summed E-state index contributed by atoms with van der Waals surface area (Å²) in [6.07, 6.45) is 4.76. The van der Waals surface area contributed by atoms with Gasteiger partial charge in [-0.1, -0.05) is 26.0 Å². The summed E-state index contributed by atoms with van der Waals surface area (Å²) in [4.78, 5) is 41.6. The maximum atomic E-state index is 15.9. The number of rotatable bonds is 14. The van der Waals surface area contributed by atoms with Crippen molar-refractivity contribution < 1.29 is 19.1 Å². The van der Waals surface area contributed by atoms with Gasteiger partial charge >= 0.3 is 5.97 Å². The quantitative estimate of drug-likeness (QED) is 0.201. The van der Waals surface area contributed by atoms with Gasteiger partial charge in [0.15, 0.2) is 5.78 Å². The Balaban J connectivity index is 1.75. The molecule has 1 heterocycles. The van der Waals surface area contributed by atoms with Crippen LogP contribution in [0.15, 0.2) is 41.3 Å². The molecular weight excluding hydrogens is 567 g/mol. The molecule has 7 heteroatoms. The van der Waals surface area contributed by atoms with E-state index in [1.54, 1.807) is 25.3 Å². The molecule has 1 fully saturated rings. The minimum absolute atomic E-state index is 0.0992. The number of aromatic nitrogens is 1. The van der Waals surface area contributed by atoms with Crippen molar-refractivity contribution in [1.29, 1.82) is 0 Å². The Bertz CT molecular complexity index is 1610. The number of halogens is 1. The van der Waals surface area contributed by atoms with E-state index in [2.05, 4.69) is 30.9 Å². The van der Waals surface area contributed by atoms with Crippen molar-refractivity contribution in [3.8, 4) is 11.1 Å². The minimum atomic E-state index is -1.10. The Hall–Kier alpha value is -3.58. The molecule has 2 atom stereocenters. The van der Waals surface area contributed by atoms with Crippen LogP contribution in [0.25, 0.3) is 11.1 Å². The summed E-state index contributed by atoms with van der Waals surface area (Å²) < 4.78 is 17.4. The molecule has 3 aromatic rings. The third kappa shape index (κ3) is 8.37. The molecule has 0 radical (unpaired) electrons. The van der Waals surface area contributed by atoms with Crippen molar-refractivity contribution in [2.24, 2.45) is 5.92 Å². The number of pyridine rings is 1. The molecule has 1 aliphatic carbocycles. The van der Waals surface area contributed by atoms with E-state index in [1.165, 1.54) is 23.0 Å². The van der Waals surface area contributed by atoms with Gasteiger partial charge in [0.2, 0.25) is 0 Å². The number of hydrogen-bond donors (Lipinski definition) is 1. The average Bonchev–Trinajstić information content (AvgIpc) is 3.78. The third-order valence-corrected chi connectivity index (χ3v) is 9.11. The van der Waals surface area contributed by atoms with Gasteiger partial charge in [0, 0.05) is 31.1 Å². The SMILES string of the molecule is Cc1cc(=O)n(C(CC(C)C)C(=O)C[C@@H](CC(=O)O)c2cc(-c3c(C)cc(C4CC4)cc3C)cc(C)c2F)cc1CCN(C)C. The summed E-state index contributed by atoms with van der Waals surface area (Å²) >= 11 is 0. The molecule has 1 aliphatic rings. The molecule has 1 N–H and O–H groups in total. The van der Waals surface area contributed by atoms with Crippen LogP contribution in [-0.4, -0.2) is 47.0 Å². The summed E-state index contributed by atoms with van der Waals surface area (Å²) in [5.74, 6) is -2.03. The molecule has 0 saturated heterocycles. The molecule has 0 spiro atoms. The number of aryl methyl sites for hydroxylation is 4. The fraction of sp³-hybridized carbons (Fsp3) is 0.500. The van der Waals surface area contributed by atoms with Crippen LogP contribution in [0.2, 0.25) is 0 Å². The van der Waals surface area contributed by atoms with E-state index < -0.39 is 30.2 Å². The monoisotopic (exact) mass is 616 g/mol. The van der Waals surface area contributed by atoms with Crippen molar-refractivity contribution >= 4 is 11.8 Å². The first kappa shape index (κ1) is 34.3. The zero-order valence-electron chi connectivity index (χ0n) is 28.2. The van der Waals surface area contributed by atoms with Crippen molar-refractivity contribution in [2.45, 2.75) is 97.9 Å². The standard InChI is InChI=1S/C38H49FN2O4/c1-22(2)13-33(41-21-28(11-12-40(7)8)23(3)17-35(41)43)34(42)19-30(20-36(44)45)32-18-31(16-26(6)38(32)39)37-24(4)14-29(15-25(37)5)27-9-10-27/h14-18,21-22,27,30,33H,9-13,19-20H2,1-8H3,(H,44,45)/t30-,33?/m0/s1. The molecule has 1 aromatic heterocycles. The Labute approximate surface area is 267 Å². The van der Waals surface area contributed by atoms with Crippen LogP contribution in [-0.2, 0) is 16.0 Å². The van der Waals surface area contributed by atoms with Crippen molar-refractivity contribution in [2.75, 3.05) is 20.6 Å². The second-order valence-electron chi connectivity index (χ2n) is 13.9. The Morgan fingerprint density at radius 2 is 1.60 bits per heavy atom. The van der Waals surface area contributed by atoms with Crippen LogP contribution in [0.4, 0.5) is 4.39 Å². The molecule has 1 unspecified atom stereocenters. The van der Waals surface area contributed by atoms with Gasteiger partial charge in [0.25, 0.3) is 5.56 Å². The maximum Gasteiger partial charge on any atom is 0.303 e. The van der Waals surface area contributed by atoms with Gasteiger partial charge in [-0.05, 0) is 142 Å². The van der Waals surface area contributed by atoms with Gasteiger partial charge in [0.1, 0.15) is 5.82 Å². The summed E-state index contributed by atoms with van der Waals surface area (Å²) in [5, 5.41) is 9.90. The number of carboxylic acids is 1. The second-order valence-corrected chi connectivity index (χ2v) is 13.9. The van der Waals surface area contributed by atoms with Crippen molar-refractivity contribution in [3.05, 3.63) is 91.6 Å². The highest BCUT2D eigenvalue weighted by atomic mass is 19.1. The molecule has 45 heavy (non-hydrogen) atoms. The number of carbonyl (C=O) groups excluding carboxylic acids is 1. The maximum absolute atomic E-state index is 15.9. The van der Waals surface area contributed by atoms with E-state index in [1.807, 2.05) is 40.9 Å². The zero-order chi connectivity index (χ0) is 33.2. The molecule has 1 saturated carbocycles. The lowest BCUT2D eigenvalue weighted by molar-refractivity contribution is -0.137. The van der Waals surface area contributed by atoms with E-state index >= 15 is 4.39 Å². The number of Topliss-reactive ketones (excluding diaryl/α,β-unsaturated/α-hetero) is 1. The molecule has 0 aliphatic heterocycles. The molecule has 0 bridgehead atoms. The lowest BCUT2D eigenvalue weighted by atomic mass is 9.83. The smallest absolute Gasteiger partial charge is 0.303 e. The van der Waals surface area contributed by atoms with Gasteiger partial charge in [-0.15, -0.1) is 0 Å². The first-order valence-electron chi connectivity index (χ1n) is 16.2. The van der Waals surface area contributed by atoms with E-state index in [-0.39, 0.29) is 29.2 Å². The first-order chi connectivity index (χ1) is 21.2. The Kier molecular flexibility index (Phi) is 10.9. The Morgan fingerprint density at radius 1 is 0.956 bits per heavy atom. The number of carboxylic acid groups (broad SMARTS) is 1. The summed E-state index contributed by atoms with van der Waals surface area (Å²) in [5.41, 5.74) is 7.60. The van der Waals surface area contributed by atoms with E-state index in [0.29, 0.717) is 17.9 Å². The van der Waals surface area contributed by atoms with Gasteiger partial charge in [-0.25, -0.2) is 4.39 Å². The van der Waals surface area contributed by atoms with Gasteiger partial charge < -0.3 is 14.6 Å². The van der Waals surface area contributed by atoms with Crippen LogP contribution < -0.4 is 5.56 Å². The van der Waals surface area contributed by atoms with Crippen molar-refractivity contribution in [1.82, 2.24) is 9.47 Å². The van der Waals surface area contributed by atoms with E-state index in [9.17, 15) is 19.5 Å². The summed E-state index contributed by atoms with van der Waals surface area (Å²) in [6.45, 7) is 12.5. The molecule has 4 rings (SSSR count). The molecule has 2 aromatic carbocycles. The average molecular weight is 617 g/mol. The number of likely N-dealkylation sites (N-methyl/N-ethyl adjacent to an activating group) is 1. The minimum Gasteiger partial charge on any atom is -0.481 e. The topological polar surface area (TPSA) is 79.6 Å². The first-order valence-corrected chi connectivity index (χ1v) is 16.2. The van der Waals surface area contributed by atoms with Gasteiger partial charge in [0.05, 0.1) is 12.5 Å². The predicted molar refractivity (Wildman–Crippen MR) is 179 cm³/mol. The van der Waals surface area contributed by atoms with Crippen LogP contribution in [0, 0.1) is 39.4 Å². The fourth-order valence-electron chi connectivity index (χ4n) is 6.61. The van der Waals surface area contributed by atoms with Gasteiger partial charge in [-0.2, -0.15) is 0 Å². The van der Waals surface area contributed by atoms with Crippen molar-refractivity contribution in [3.63, 3.8) is 0 Å². The summed E-state index contributed by atoms with van der Waals surface area (Å²) in [6, 6.07) is 8.77. The number of benzene rings is 2. The number of hydrogen-bond acceptors (Lipinski definition) is 4. The van der Waals surface area contributed by atoms with E-state index in [0.717, 1.165) is 46.3 Å². The Morgan fingerprint density at radius 3 is 2.16 bits per heavy atom. The van der Waals surface area contributed by atoms with Crippen LogP contribution in [0.5, 0.6) is 0 Å². The highest BCUT2D eigenvalue weighted by Gasteiger charge is 2.30. The van der Waals surface area contributed by atoms with Crippen LogP contribution in [0.1, 0.15) is 103 Å². The number of aliphatic carboxylic acids is 1. The van der Waals surface area contributed by atoms with Crippen LogP contribution >= 0.6 is 0 Å². The zero-order valence-corrected chi connectivity index (χ0v) is 28.2. The largest absolute Gasteiger partial charge is 0.481 e. The lowest BCUT2D eigenvalue weighted by Gasteiger charge is -2.25. The third-order valence-electron chi connectivity index (χ3n) is 9.11. The highest BCUT2D eigenvalue weighted by molar-refractivity contribution is 5.84.